The Hall–Kier alpha value is -2.50. The first-order chi connectivity index (χ1) is 8.50. The minimum Gasteiger partial charge on any atom is -0.477 e. The molecule has 0 atom stereocenters. The molecule has 0 spiro atoms. The van der Waals surface area contributed by atoms with Gasteiger partial charge in [0.25, 0.3) is 0 Å². The second kappa shape index (κ2) is 4.40. The fourth-order valence-electron chi connectivity index (χ4n) is 1.69. The highest BCUT2D eigenvalue weighted by molar-refractivity contribution is 5.94. The van der Waals surface area contributed by atoms with Crippen LogP contribution in [0.3, 0.4) is 0 Å². The number of hydrogen-bond acceptors (Lipinski definition) is 5. The van der Waals surface area contributed by atoms with Crippen molar-refractivity contribution in [3.63, 3.8) is 0 Å². The number of carboxylic acid groups (broad SMARTS) is 1. The largest absolute Gasteiger partial charge is 0.477 e. The second-order valence-electron chi connectivity index (χ2n) is 3.87. The first kappa shape index (κ1) is 12.0. The summed E-state index contributed by atoms with van der Waals surface area (Å²) in [4.78, 5) is 23.3. The molecular formula is C12H12N4O2. The summed E-state index contributed by atoms with van der Waals surface area (Å²) in [5.41, 5.74) is 7.42. The Kier molecular flexibility index (Phi) is 2.93. The number of nitrogen functional groups attached to an aromatic ring is 1. The third-order valence-electron chi connectivity index (χ3n) is 2.55. The Morgan fingerprint density at radius 2 is 2.06 bits per heavy atom. The van der Waals surface area contributed by atoms with E-state index in [2.05, 4.69) is 15.0 Å². The van der Waals surface area contributed by atoms with E-state index in [0.717, 1.165) is 5.56 Å². The van der Waals surface area contributed by atoms with Crippen molar-refractivity contribution in [2.75, 3.05) is 5.73 Å². The van der Waals surface area contributed by atoms with Crippen LogP contribution >= 0.6 is 0 Å². The summed E-state index contributed by atoms with van der Waals surface area (Å²) in [5, 5.41) is 8.99. The molecular weight excluding hydrogens is 232 g/mol. The van der Waals surface area contributed by atoms with E-state index in [1.165, 1.54) is 0 Å². The first-order valence-electron chi connectivity index (χ1n) is 5.30. The number of aromatic carboxylic acids is 1. The van der Waals surface area contributed by atoms with Crippen LogP contribution in [-0.2, 0) is 0 Å². The molecule has 2 aromatic rings. The minimum atomic E-state index is -1.13. The van der Waals surface area contributed by atoms with E-state index in [-0.39, 0.29) is 11.4 Å². The predicted octanol–water partition coefficient (Wildman–Crippen LogP) is 1.44. The minimum absolute atomic E-state index is 0.0462. The highest BCUT2D eigenvalue weighted by Crippen LogP contribution is 2.21. The highest BCUT2D eigenvalue weighted by Gasteiger charge is 2.17. The van der Waals surface area contributed by atoms with E-state index in [9.17, 15) is 4.79 Å². The van der Waals surface area contributed by atoms with Gasteiger partial charge >= 0.3 is 5.97 Å². The van der Waals surface area contributed by atoms with Gasteiger partial charge in [0.1, 0.15) is 17.1 Å². The number of rotatable bonds is 2. The van der Waals surface area contributed by atoms with Gasteiger partial charge in [0.2, 0.25) is 0 Å². The summed E-state index contributed by atoms with van der Waals surface area (Å²) < 4.78 is 0. The average Bonchev–Trinajstić information content (AvgIpc) is 2.27. The molecule has 3 N–H and O–H groups in total. The van der Waals surface area contributed by atoms with Crippen molar-refractivity contribution in [2.45, 2.75) is 13.8 Å². The Labute approximate surface area is 104 Å². The van der Waals surface area contributed by atoms with Crippen LogP contribution < -0.4 is 5.73 Å². The summed E-state index contributed by atoms with van der Waals surface area (Å²) in [6, 6.07) is 3.68. The molecule has 6 heteroatoms. The Bertz CT molecular complexity index is 602. The molecule has 0 radical (unpaired) electrons. The van der Waals surface area contributed by atoms with E-state index in [0.29, 0.717) is 17.2 Å². The quantitative estimate of drug-likeness (QED) is 0.828. The zero-order valence-corrected chi connectivity index (χ0v) is 10.0. The smallest absolute Gasteiger partial charge is 0.341 e. The van der Waals surface area contributed by atoms with Gasteiger partial charge in [-0.2, -0.15) is 0 Å². The lowest BCUT2D eigenvalue weighted by molar-refractivity contribution is 0.0696. The molecule has 0 amide bonds. The molecule has 0 bridgehead atoms. The number of aromatic nitrogens is 3. The molecule has 0 fully saturated rings. The normalized spacial score (nSPS) is 10.3. The molecule has 18 heavy (non-hydrogen) atoms. The van der Waals surface area contributed by atoms with E-state index in [4.69, 9.17) is 10.8 Å². The van der Waals surface area contributed by atoms with Gasteiger partial charge in [-0.3, -0.25) is 4.98 Å². The van der Waals surface area contributed by atoms with E-state index >= 15 is 0 Å². The molecule has 2 rings (SSSR count). The molecule has 0 unspecified atom stereocenters. The summed E-state index contributed by atoms with van der Waals surface area (Å²) in [6.45, 7) is 3.46. The van der Waals surface area contributed by atoms with E-state index in [1.807, 2.05) is 13.0 Å². The Morgan fingerprint density at radius 3 is 2.61 bits per heavy atom. The molecule has 2 heterocycles. The summed E-state index contributed by atoms with van der Waals surface area (Å²) in [7, 11) is 0. The molecule has 92 valence electrons. The van der Waals surface area contributed by atoms with Gasteiger partial charge in [-0.15, -0.1) is 0 Å². The number of carboxylic acids is 1. The monoisotopic (exact) mass is 244 g/mol. The topological polar surface area (TPSA) is 102 Å². The third kappa shape index (κ3) is 2.00. The van der Waals surface area contributed by atoms with Crippen LogP contribution in [0, 0.1) is 13.8 Å². The van der Waals surface area contributed by atoms with Crippen LogP contribution in [0.1, 0.15) is 21.6 Å². The zero-order chi connectivity index (χ0) is 13.3. The lowest BCUT2D eigenvalue weighted by atomic mass is 10.2. The number of carbonyl (C=O) groups is 1. The molecule has 0 aliphatic carbocycles. The maximum atomic E-state index is 11.0. The van der Waals surface area contributed by atoms with Gasteiger partial charge in [-0.05, 0) is 25.5 Å². The zero-order valence-electron chi connectivity index (χ0n) is 10.0. The van der Waals surface area contributed by atoms with Crippen LogP contribution in [-0.4, -0.2) is 26.0 Å². The van der Waals surface area contributed by atoms with Crippen molar-refractivity contribution in [3.8, 4) is 11.5 Å². The fourth-order valence-corrected chi connectivity index (χ4v) is 1.69. The van der Waals surface area contributed by atoms with Crippen molar-refractivity contribution >= 4 is 11.8 Å². The summed E-state index contributed by atoms with van der Waals surface area (Å²) >= 11 is 0. The van der Waals surface area contributed by atoms with E-state index < -0.39 is 5.97 Å². The molecule has 6 nitrogen and oxygen atoms in total. The number of nitrogens with two attached hydrogens (primary N) is 1. The van der Waals surface area contributed by atoms with Crippen LogP contribution in [0.25, 0.3) is 11.5 Å². The molecule has 2 aromatic heterocycles. The maximum Gasteiger partial charge on any atom is 0.341 e. The number of aryl methyl sites for hydroxylation is 2. The van der Waals surface area contributed by atoms with Crippen molar-refractivity contribution < 1.29 is 9.90 Å². The van der Waals surface area contributed by atoms with Crippen molar-refractivity contribution in [1.82, 2.24) is 15.0 Å². The lowest BCUT2D eigenvalue weighted by Crippen LogP contribution is -2.10. The summed E-state index contributed by atoms with van der Waals surface area (Å²) in [5.74, 6) is -0.836. The first-order valence-corrected chi connectivity index (χ1v) is 5.30. The predicted molar refractivity (Wildman–Crippen MR) is 66.1 cm³/mol. The molecule has 0 aliphatic rings. The SMILES string of the molecule is Cc1cccnc1-c1nc(C)c(C(=O)O)c(N)n1. The van der Waals surface area contributed by atoms with Gasteiger partial charge in [0.05, 0.1) is 5.69 Å². The molecule has 0 aromatic carbocycles. The molecule has 0 aliphatic heterocycles. The Balaban J connectivity index is 2.62. The molecule has 0 saturated carbocycles. The highest BCUT2D eigenvalue weighted by atomic mass is 16.4. The number of anilines is 1. The average molecular weight is 244 g/mol. The van der Waals surface area contributed by atoms with E-state index in [1.54, 1.807) is 19.2 Å². The van der Waals surface area contributed by atoms with Crippen LogP contribution in [0.2, 0.25) is 0 Å². The summed E-state index contributed by atoms with van der Waals surface area (Å²) in [6.07, 6.45) is 1.63. The fraction of sp³-hybridized carbons (Fsp3) is 0.167. The lowest BCUT2D eigenvalue weighted by Gasteiger charge is -2.08. The number of pyridine rings is 1. The van der Waals surface area contributed by atoms with Crippen molar-refractivity contribution in [1.29, 1.82) is 0 Å². The van der Waals surface area contributed by atoms with Crippen molar-refractivity contribution in [3.05, 3.63) is 35.2 Å². The van der Waals surface area contributed by atoms with Crippen LogP contribution in [0.15, 0.2) is 18.3 Å². The number of nitrogens with zero attached hydrogens (tertiary/aromatic N) is 3. The van der Waals surface area contributed by atoms with Gasteiger partial charge in [0.15, 0.2) is 5.82 Å². The third-order valence-corrected chi connectivity index (χ3v) is 2.55. The van der Waals surface area contributed by atoms with Gasteiger partial charge < -0.3 is 10.8 Å². The van der Waals surface area contributed by atoms with Crippen LogP contribution in [0.4, 0.5) is 5.82 Å². The van der Waals surface area contributed by atoms with Gasteiger partial charge in [-0.1, -0.05) is 6.07 Å². The maximum absolute atomic E-state index is 11.0. The van der Waals surface area contributed by atoms with Gasteiger partial charge in [0, 0.05) is 6.20 Å². The van der Waals surface area contributed by atoms with Gasteiger partial charge in [-0.25, -0.2) is 14.8 Å². The standard InChI is InChI=1S/C12H12N4O2/c1-6-4-3-5-14-9(6)11-15-7(2)8(12(17)18)10(13)16-11/h3-5H,1-2H3,(H,17,18)(H2,13,15,16). The van der Waals surface area contributed by atoms with Crippen LogP contribution in [0.5, 0.6) is 0 Å². The number of hydrogen-bond donors (Lipinski definition) is 2. The Morgan fingerprint density at radius 1 is 1.33 bits per heavy atom. The van der Waals surface area contributed by atoms with Crippen molar-refractivity contribution in [2.24, 2.45) is 0 Å². The molecule has 0 saturated heterocycles. The second-order valence-corrected chi connectivity index (χ2v) is 3.87.